The lowest BCUT2D eigenvalue weighted by Crippen LogP contribution is -2.49. The number of carbonyl (C=O) groups is 2. The zero-order valence-corrected chi connectivity index (χ0v) is 7.23. The summed E-state index contributed by atoms with van der Waals surface area (Å²) in [6, 6.07) is -0.956. The van der Waals surface area contributed by atoms with Crippen molar-refractivity contribution in [3.8, 4) is 0 Å². The van der Waals surface area contributed by atoms with Gasteiger partial charge in [0.25, 0.3) is 0 Å². The SMILES string of the molecule is CC(=O)N1NCC(=O)[C@H]1[C@H](O)CO. The molecule has 2 atom stereocenters. The molecule has 0 unspecified atom stereocenters. The Morgan fingerprint density at radius 1 is 1.85 bits per heavy atom. The highest BCUT2D eigenvalue weighted by molar-refractivity contribution is 5.92. The van der Waals surface area contributed by atoms with E-state index in [1.165, 1.54) is 6.92 Å². The van der Waals surface area contributed by atoms with Gasteiger partial charge in [0.05, 0.1) is 13.2 Å². The number of hydrogen-bond acceptors (Lipinski definition) is 5. The molecular weight excluding hydrogens is 176 g/mol. The molecule has 1 aliphatic rings. The molecule has 0 aromatic rings. The largest absolute Gasteiger partial charge is 0.394 e. The number of nitrogens with one attached hydrogen (secondary N) is 1. The highest BCUT2D eigenvalue weighted by atomic mass is 16.3. The van der Waals surface area contributed by atoms with Crippen LogP contribution in [-0.4, -0.2) is 52.2 Å². The third-order valence-electron chi connectivity index (χ3n) is 1.92. The molecule has 6 heteroatoms. The molecule has 0 bridgehead atoms. The van der Waals surface area contributed by atoms with Gasteiger partial charge in [0.2, 0.25) is 5.91 Å². The fourth-order valence-electron chi connectivity index (χ4n) is 1.30. The average Bonchev–Trinajstić information content (AvgIpc) is 2.46. The van der Waals surface area contributed by atoms with E-state index in [4.69, 9.17) is 5.11 Å². The van der Waals surface area contributed by atoms with Crippen LogP contribution in [0.1, 0.15) is 6.92 Å². The summed E-state index contributed by atoms with van der Waals surface area (Å²) in [5.41, 5.74) is 2.53. The summed E-state index contributed by atoms with van der Waals surface area (Å²) in [4.78, 5) is 22.1. The summed E-state index contributed by atoms with van der Waals surface area (Å²) in [6.07, 6.45) is -1.22. The van der Waals surface area contributed by atoms with Crippen LogP contribution >= 0.6 is 0 Å². The van der Waals surface area contributed by atoms with E-state index in [2.05, 4.69) is 5.43 Å². The Balaban J connectivity index is 2.76. The number of rotatable bonds is 2. The van der Waals surface area contributed by atoms with E-state index in [-0.39, 0.29) is 18.2 Å². The van der Waals surface area contributed by atoms with Crippen LogP contribution in [0.2, 0.25) is 0 Å². The van der Waals surface area contributed by atoms with E-state index in [0.29, 0.717) is 0 Å². The van der Waals surface area contributed by atoms with Gasteiger partial charge in [-0.05, 0) is 0 Å². The van der Waals surface area contributed by atoms with Crippen LogP contribution in [0.4, 0.5) is 0 Å². The van der Waals surface area contributed by atoms with Crippen molar-refractivity contribution < 1.29 is 19.8 Å². The smallest absolute Gasteiger partial charge is 0.234 e. The molecule has 3 N–H and O–H groups in total. The minimum atomic E-state index is -1.22. The van der Waals surface area contributed by atoms with E-state index >= 15 is 0 Å². The normalized spacial score (nSPS) is 25.0. The fraction of sp³-hybridized carbons (Fsp3) is 0.714. The van der Waals surface area contributed by atoms with Crippen LogP contribution in [-0.2, 0) is 9.59 Å². The molecule has 0 aliphatic carbocycles. The summed E-state index contributed by atoms with van der Waals surface area (Å²) in [6.45, 7) is 0.756. The third-order valence-corrected chi connectivity index (χ3v) is 1.92. The first kappa shape index (κ1) is 10.1. The third kappa shape index (κ3) is 1.85. The molecule has 13 heavy (non-hydrogen) atoms. The average molecular weight is 188 g/mol. The Labute approximate surface area is 75.1 Å². The van der Waals surface area contributed by atoms with Crippen molar-refractivity contribution in [1.82, 2.24) is 10.4 Å². The number of hydrogen-bond donors (Lipinski definition) is 3. The van der Waals surface area contributed by atoms with E-state index in [1.807, 2.05) is 0 Å². The van der Waals surface area contributed by atoms with Gasteiger partial charge in [-0.1, -0.05) is 0 Å². The van der Waals surface area contributed by atoms with Crippen LogP contribution in [0.3, 0.4) is 0 Å². The van der Waals surface area contributed by atoms with Gasteiger partial charge in [0, 0.05) is 6.92 Å². The lowest BCUT2D eigenvalue weighted by molar-refractivity contribution is -0.139. The number of amides is 1. The maximum Gasteiger partial charge on any atom is 0.234 e. The summed E-state index contributed by atoms with van der Waals surface area (Å²) in [7, 11) is 0. The van der Waals surface area contributed by atoms with Crippen molar-refractivity contribution >= 4 is 11.7 Å². The van der Waals surface area contributed by atoms with Gasteiger partial charge in [-0.25, -0.2) is 5.43 Å². The number of aliphatic hydroxyl groups is 2. The van der Waals surface area contributed by atoms with E-state index in [0.717, 1.165) is 5.01 Å². The Bertz CT molecular complexity index is 231. The van der Waals surface area contributed by atoms with E-state index < -0.39 is 18.8 Å². The van der Waals surface area contributed by atoms with Crippen LogP contribution in [0, 0.1) is 0 Å². The second-order valence-electron chi connectivity index (χ2n) is 2.88. The predicted molar refractivity (Wildman–Crippen MR) is 42.4 cm³/mol. The molecule has 1 aliphatic heterocycles. The number of ketones is 1. The van der Waals surface area contributed by atoms with Crippen molar-refractivity contribution in [3.63, 3.8) is 0 Å². The Kier molecular flexibility index (Phi) is 2.97. The molecule has 0 aromatic carbocycles. The Morgan fingerprint density at radius 2 is 2.46 bits per heavy atom. The molecule has 6 nitrogen and oxygen atoms in total. The maximum absolute atomic E-state index is 11.2. The minimum absolute atomic E-state index is 0.0152. The zero-order valence-electron chi connectivity index (χ0n) is 7.23. The molecule has 1 saturated heterocycles. The monoisotopic (exact) mass is 188 g/mol. The van der Waals surface area contributed by atoms with Crippen molar-refractivity contribution in [1.29, 1.82) is 0 Å². The van der Waals surface area contributed by atoms with Crippen molar-refractivity contribution in [2.45, 2.75) is 19.1 Å². The molecule has 1 heterocycles. The van der Waals surface area contributed by atoms with Crippen molar-refractivity contribution in [2.75, 3.05) is 13.2 Å². The van der Waals surface area contributed by atoms with Crippen molar-refractivity contribution in [3.05, 3.63) is 0 Å². The highest BCUT2D eigenvalue weighted by Crippen LogP contribution is 2.09. The maximum atomic E-state index is 11.2. The summed E-state index contributed by atoms with van der Waals surface area (Å²) in [5, 5.41) is 18.9. The second kappa shape index (κ2) is 3.82. The molecule has 0 spiro atoms. The molecular formula is C7H12N2O4. The molecule has 1 fully saturated rings. The number of aliphatic hydroxyl groups excluding tert-OH is 2. The number of hydrazine groups is 1. The van der Waals surface area contributed by atoms with Crippen LogP contribution in [0.5, 0.6) is 0 Å². The summed E-state index contributed by atoms with van der Waals surface area (Å²) in [5.74, 6) is -0.653. The number of nitrogens with zero attached hydrogens (tertiary/aromatic N) is 1. The molecule has 0 radical (unpaired) electrons. The predicted octanol–water partition coefficient (Wildman–Crippen LogP) is -2.36. The van der Waals surface area contributed by atoms with Gasteiger partial charge >= 0.3 is 0 Å². The van der Waals surface area contributed by atoms with Gasteiger partial charge in [0.1, 0.15) is 12.1 Å². The molecule has 1 rings (SSSR count). The number of Topliss-reactive ketones (excluding diaryl/α,β-unsaturated/α-hetero) is 1. The van der Waals surface area contributed by atoms with Crippen LogP contribution in [0.15, 0.2) is 0 Å². The number of carbonyl (C=O) groups excluding carboxylic acids is 2. The lowest BCUT2D eigenvalue weighted by atomic mass is 10.1. The van der Waals surface area contributed by atoms with Gasteiger partial charge in [-0.15, -0.1) is 0 Å². The van der Waals surface area contributed by atoms with Gasteiger partial charge < -0.3 is 10.2 Å². The quantitative estimate of drug-likeness (QED) is 0.451. The first-order valence-corrected chi connectivity index (χ1v) is 3.93. The summed E-state index contributed by atoms with van der Waals surface area (Å²) >= 11 is 0. The molecule has 0 aromatic heterocycles. The second-order valence-corrected chi connectivity index (χ2v) is 2.88. The van der Waals surface area contributed by atoms with Gasteiger partial charge in [-0.2, -0.15) is 0 Å². The first-order valence-electron chi connectivity index (χ1n) is 3.93. The highest BCUT2D eigenvalue weighted by Gasteiger charge is 2.38. The molecule has 0 saturated carbocycles. The first-order chi connectivity index (χ1) is 6.07. The minimum Gasteiger partial charge on any atom is -0.394 e. The van der Waals surface area contributed by atoms with Gasteiger partial charge in [0.15, 0.2) is 5.78 Å². The standard InChI is InChI=1S/C7H12N2O4/c1-4(11)9-7(6(13)3-10)5(12)2-8-9/h6-8,10,13H,2-3H2,1H3/t6-,7+/m1/s1. The summed E-state index contributed by atoms with van der Waals surface area (Å²) < 4.78 is 0. The topological polar surface area (TPSA) is 89.9 Å². The Morgan fingerprint density at radius 3 is 2.92 bits per heavy atom. The Hall–Kier alpha value is -0.980. The van der Waals surface area contributed by atoms with Crippen LogP contribution < -0.4 is 5.43 Å². The molecule has 74 valence electrons. The fourth-order valence-corrected chi connectivity index (χ4v) is 1.30. The lowest BCUT2D eigenvalue weighted by Gasteiger charge is -2.24. The van der Waals surface area contributed by atoms with Gasteiger partial charge in [-0.3, -0.25) is 14.6 Å². The molecule has 1 amide bonds. The van der Waals surface area contributed by atoms with E-state index in [1.54, 1.807) is 0 Å². The van der Waals surface area contributed by atoms with Crippen molar-refractivity contribution in [2.24, 2.45) is 0 Å². The van der Waals surface area contributed by atoms with Crippen LogP contribution in [0.25, 0.3) is 0 Å². The van der Waals surface area contributed by atoms with E-state index in [9.17, 15) is 14.7 Å². The zero-order chi connectivity index (χ0) is 10.0.